The molecule has 1 atom stereocenters. The van der Waals surface area contributed by atoms with Crippen LogP contribution in [0.3, 0.4) is 0 Å². The molecule has 3 rings (SSSR count). The van der Waals surface area contributed by atoms with Crippen LogP contribution in [0.5, 0.6) is 5.75 Å². The minimum Gasteiger partial charge on any atom is -0.488 e. The monoisotopic (exact) mass is 231 g/mol. The molecule has 0 radical (unpaired) electrons. The van der Waals surface area contributed by atoms with E-state index < -0.39 is 0 Å². The van der Waals surface area contributed by atoms with E-state index in [0.29, 0.717) is 5.92 Å². The molecule has 1 aliphatic heterocycles. The first-order chi connectivity index (χ1) is 8.14. The van der Waals surface area contributed by atoms with E-state index in [-0.39, 0.29) is 5.60 Å². The van der Waals surface area contributed by atoms with Gasteiger partial charge in [-0.2, -0.15) is 0 Å². The van der Waals surface area contributed by atoms with Crippen molar-refractivity contribution in [3.05, 3.63) is 29.8 Å². The SMILES string of the molecule is CC1(C)CC(CNC2CC2)c2ccccc2O1. The van der Waals surface area contributed by atoms with E-state index in [1.165, 1.54) is 18.4 Å². The van der Waals surface area contributed by atoms with Crippen molar-refractivity contribution in [2.24, 2.45) is 0 Å². The third kappa shape index (κ3) is 2.47. The maximum Gasteiger partial charge on any atom is 0.123 e. The normalized spacial score (nSPS) is 26.1. The second kappa shape index (κ2) is 4.02. The summed E-state index contributed by atoms with van der Waals surface area (Å²) in [5, 5.41) is 3.65. The zero-order valence-corrected chi connectivity index (χ0v) is 10.7. The summed E-state index contributed by atoms with van der Waals surface area (Å²) in [6, 6.07) is 9.27. The van der Waals surface area contributed by atoms with Crippen molar-refractivity contribution in [2.75, 3.05) is 6.54 Å². The van der Waals surface area contributed by atoms with Gasteiger partial charge in [-0.25, -0.2) is 0 Å². The van der Waals surface area contributed by atoms with Gasteiger partial charge in [0, 0.05) is 18.5 Å². The number of rotatable bonds is 3. The first-order valence-electron chi connectivity index (χ1n) is 6.65. The minimum atomic E-state index is -0.0374. The summed E-state index contributed by atoms with van der Waals surface area (Å²) in [6.45, 7) is 5.47. The van der Waals surface area contributed by atoms with Crippen LogP contribution in [0.25, 0.3) is 0 Å². The van der Waals surface area contributed by atoms with E-state index in [2.05, 4.69) is 43.4 Å². The maximum atomic E-state index is 6.04. The van der Waals surface area contributed by atoms with Crippen LogP contribution in [-0.4, -0.2) is 18.2 Å². The fourth-order valence-electron chi connectivity index (χ4n) is 2.73. The molecule has 0 spiro atoms. The van der Waals surface area contributed by atoms with Gasteiger partial charge in [0.15, 0.2) is 0 Å². The third-order valence-electron chi connectivity index (χ3n) is 3.71. The highest BCUT2D eigenvalue weighted by Crippen LogP contribution is 2.40. The number of para-hydroxylation sites is 1. The molecule has 2 nitrogen and oxygen atoms in total. The summed E-state index contributed by atoms with van der Waals surface area (Å²) < 4.78 is 6.04. The maximum absolute atomic E-state index is 6.04. The molecule has 2 aliphatic rings. The van der Waals surface area contributed by atoms with Gasteiger partial charge < -0.3 is 10.1 Å². The molecule has 0 aromatic heterocycles. The number of benzene rings is 1. The third-order valence-corrected chi connectivity index (χ3v) is 3.71. The van der Waals surface area contributed by atoms with Crippen LogP contribution in [0.2, 0.25) is 0 Å². The number of hydrogen-bond donors (Lipinski definition) is 1. The Hall–Kier alpha value is -1.02. The average Bonchev–Trinajstić information content (AvgIpc) is 3.08. The van der Waals surface area contributed by atoms with Crippen molar-refractivity contribution in [1.82, 2.24) is 5.32 Å². The molecule has 1 aliphatic carbocycles. The Balaban J connectivity index is 1.81. The largest absolute Gasteiger partial charge is 0.488 e. The number of ether oxygens (including phenoxy) is 1. The van der Waals surface area contributed by atoms with E-state index in [0.717, 1.165) is 24.8 Å². The number of hydrogen-bond acceptors (Lipinski definition) is 2. The molecule has 1 aromatic rings. The van der Waals surface area contributed by atoms with Crippen LogP contribution in [0.15, 0.2) is 24.3 Å². The lowest BCUT2D eigenvalue weighted by molar-refractivity contribution is 0.0717. The van der Waals surface area contributed by atoms with Gasteiger partial charge in [-0.3, -0.25) is 0 Å². The summed E-state index contributed by atoms with van der Waals surface area (Å²) in [5.74, 6) is 1.67. The summed E-state index contributed by atoms with van der Waals surface area (Å²) in [6.07, 6.45) is 3.81. The molecule has 2 heteroatoms. The Labute approximate surface area is 103 Å². The van der Waals surface area contributed by atoms with E-state index >= 15 is 0 Å². The highest BCUT2D eigenvalue weighted by Gasteiger charge is 2.34. The average molecular weight is 231 g/mol. The molecule has 1 heterocycles. The van der Waals surface area contributed by atoms with Crippen LogP contribution in [0.4, 0.5) is 0 Å². The minimum absolute atomic E-state index is 0.0374. The number of nitrogens with one attached hydrogen (secondary N) is 1. The molecule has 1 unspecified atom stereocenters. The molecule has 1 aromatic carbocycles. The van der Waals surface area contributed by atoms with Gasteiger partial charge >= 0.3 is 0 Å². The molecule has 1 fully saturated rings. The highest BCUT2D eigenvalue weighted by atomic mass is 16.5. The molecular formula is C15H21NO. The molecule has 17 heavy (non-hydrogen) atoms. The van der Waals surface area contributed by atoms with E-state index in [1.54, 1.807) is 0 Å². The standard InChI is InChI=1S/C15H21NO/c1-15(2)9-11(10-16-12-7-8-12)13-5-3-4-6-14(13)17-15/h3-6,11-12,16H,7-10H2,1-2H3. The van der Waals surface area contributed by atoms with Gasteiger partial charge in [-0.05, 0) is 44.7 Å². The Kier molecular flexibility index (Phi) is 2.62. The predicted octanol–water partition coefficient (Wildman–Crippen LogP) is 3.08. The lowest BCUT2D eigenvalue weighted by Gasteiger charge is -2.37. The Morgan fingerprint density at radius 2 is 2.06 bits per heavy atom. The summed E-state index contributed by atoms with van der Waals surface area (Å²) >= 11 is 0. The van der Waals surface area contributed by atoms with Crippen LogP contribution in [0.1, 0.15) is 44.6 Å². The molecule has 0 saturated heterocycles. The lowest BCUT2D eigenvalue weighted by Crippen LogP contribution is -2.38. The van der Waals surface area contributed by atoms with Gasteiger partial charge in [0.2, 0.25) is 0 Å². The Morgan fingerprint density at radius 1 is 1.29 bits per heavy atom. The van der Waals surface area contributed by atoms with Crippen LogP contribution < -0.4 is 10.1 Å². The van der Waals surface area contributed by atoms with Crippen molar-refractivity contribution < 1.29 is 4.74 Å². The molecular weight excluding hydrogens is 210 g/mol. The Bertz CT molecular complexity index is 409. The van der Waals surface area contributed by atoms with Crippen molar-refractivity contribution in [1.29, 1.82) is 0 Å². The van der Waals surface area contributed by atoms with E-state index in [9.17, 15) is 0 Å². The van der Waals surface area contributed by atoms with Crippen LogP contribution >= 0.6 is 0 Å². The van der Waals surface area contributed by atoms with Crippen molar-refractivity contribution in [3.8, 4) is 5.75 Å². The van der Waals surface area contributed by atoms with E-state index in [4.69, 9.17) is 4.74 Å². The first-order valence-corrected chi connectivity index (χ1v) is 6.65. The molecule has 1 saturated carbocycles. The summed E-state index contributed by atoms with van der Waals surface area (Å²) in [4.78, 5) is 0. The predicted molar refractivity (Wildman–Crippen MR) is 69.5 cm³/mol. The van der Waals surface area contributed by atoms with E-state index in [1.807, 2.05) is 0 Å². The van der Waals surface area contributed by atoms with Gasteiger partial charge in [0.1, 0.15) is 11.4 Å². The van der Waals surface area contributed by atoms with Gasteiger partial charge in [0.05, 0.1) is 0 Å². The van der Waals surface area contributed by atoms with Crippen LogP contribution in [0, 0.1) is 0 Å². The first kappa shape index (κ1) is 11.1. The topological polar surface area (TPSA) is 21.3 Å². The second-order valence-corrected chi connectivity index (χ2v) is 5.98. The van der Waals surface area contributed by atoms with Gasteiger partial charge in [-0.1, -0.05) is 18.2 Å². The highest BCUT2D eigenvalue weighted by molar-refractivity contribution is 5.39. The van der Waals surface area contributed by atoms with Crippen molar-refractivity contribution >= 4 is 0 Å². The lowest BCUT2D eigenvalue weighted by atomic mass is 9.84. The second-order valence-electron chi connectivity index (χ2n) is 5.98. The zero-order chi connectivity index (χ0) is 11.9. The number of fused-ring (bicyclic) bond motifs is 1. The fourth-order valence-corrected chi connectivity index (χ4v) is 2.73. The van der Waals surface area contributed by atoms with Crippen LogP contribution in [-0.2, 0) is 0 Å². The van der Waals surface area contributed by atoms with Gasteiger partial charge in [-0.15, -0.1) is 0 Å². The summed E-state index contributed by atoms with van der Waals surface area (Å²) in [5.41, 5.74) is 1.34. The molecule has 92 valence electrons. The Morgan fingerprint density at radius 3 is 2.82 bits per heavy atom. The quantitative estimate of drug-likeness (QED) is 0.863. The van der Waals surface area contributed by atoms with Crippen molar-refractivity contribution in [3.63, 3.8) is 0 Å². The summed E-state index contributed by atoms with van der Waals surface area (Å²) in [7, 11) is 0. The fraction of sp³-hybridized carbons (Fsp3) is 0.600. The molecule has 0 amide bonds. The smallest absolute Gasteiger partial charge is 0.123 e. The zero-order valence-electron chi connectivity index (χ0n) is 10.7. The van der Waals surface area contributed by atoms with Gasteiger partial charge in [0.25, 0.3) is 0 Å². The van der Waals surface area contributed by atoms with Crippen molar-refractivity contribution in [2.45, 2.75) is 50.7 Å². The molecule has 1 N–H and O–H groups in total. The molecule has 0 bridgehead atoms.